The van der Waals surface area contributed by atoms with Gasteiger partial charge in [0.05, 0.1) is 6.54 Å². The van der Waals surface area contributed by atoms with E-state index in [0.717, 1.165) is 13.1 Å². The number of piperazine rings is 2. The summed E-state index contributed by atoms with van der Waals surface area (Å²) >= 11 is 0. The summed E-state index contributed by atoms with van der Waals surface area (Å²) in [7, 11) is 0. The lowest BCUT2D eigenvalue weighted by molar-refractivity contribution is -0.149. The smallest absolute Gasteiger partial charge is 0.244 e. The van der Waals surface area contributed by atoms with Crippen LogP contribution >= 0.6 is 0 Å². The molecule has 2 amide bonds. The van der Waals surface area contributed by atoms with Crippen molar-refractivity contribution in [2.75, 3.05) is 26.2 Å². The SMILES string of the molecule is O=C1NCC(=O)N2CCN(Cc3ccccc3-c3ccccc3)CC12. The van der Waals surface area contributed by atoms with Gasteiger partial charge in [0.25, 0.3) is 0 Å². The molecule has 0 aromatic heterocycles. The average Bonchev–Trinajstić information content (AvgIpc) is 2.66. The third kappa shape index (κ3) is 3.15. The quantitative estimate of drug-likeness (QED) is 0.925. The number of carbonyl (C=O) groups excluding carboxylic acids is 2. The molecule has 0 saturated carbocycles. The standard InChI is InChI=1S/C20H21N3O2/c24-19-12-21-20(25)18-14-22(10-11-23(18)19)13-16-8-4-5-9-17(16)15-6-2-1-3-7-15/h1-9,18H,10-14H2,(H,21,25). The van der Waals surface area contributed by atoms with E-state index in [0.29, 0.717) is 13.1 Å². The van der Waals surface area contributed by atoms with Gasteiger partial charge in [0, 0.05) is 26.2 Å². The molecule has 128 valence electrons. The van der Waals surface area contributed by atoms with Crippen LogP contribution in [-0.2, 0) is 16.1 Å². The van der Waals surface area contributed by atoms with Gasteiger partial charge >= 0.3 is 0 Å². The van der Waals surface area contributed by atoms with Crippen molar-refractivity contribution in [2.24, 2.45) is 0 Å². The molecule has 2 aliphatic heterocycles. The minimum atomic E-state index is -0.362. The van der Waals surface area contributed by atoms with Crippen LogP contribution in [0.1, 0.15) is 5.56 Å². The van der Waals surface area contributed by atoms with Crippen LogP contribution in [0.25, 0.3) is 11.1 Å². The number of carbonyl (C=O) groups is 2. The molecule has 1 unspecified atom stereocenters. The van der Waals surface area contributed by atoms with E-state index in [4.69, 9.17) is 0 Å². The van der Waals surface area contributed by atoms with Crippen molar-refractivity contribution in [1.29, 1.82) is 0 Å². The van der Waals surface area contributed by atoms with Crippen molar-refractivity contribution >= 4 is 11.8 Å². The van der Waals surface area contributed by atoms with E-state index in [2.05, 4.69) is 46.6 Å². The summed E-state index contributed by atoms with van der Waals surface area (Å²) in [4.78, 5) is 28.1. The van der Waals surface area contributed by atoms with Crippen LogP contribution in [-0.4, -0.2) is 53.8 Å². The fourth-order valence-electron chi connectivity index (χ4n) is 3.69. The lowest BCUT2D eigenvalue weighted by Gasteiger charge is -2.43. The Hall–Kier alpha value is -2.66. The number of hydrogen-bond acceptors (Lipinski definition) is 3. The summed E-state index contributed by atoms with van der Waals surface area (Å²) in [5.74, 6) is -0.0189. The molecule has 0 spiro atoms. The first-order valence-electron chi connectivity index (χ1n) is 8.65. The minimum absolute atomic E-state index is 0.0222. The van der Waals surface area contributed by atoms with Crippen LogP contribution in [0.15, 0.2) is 54.6 Å². The molecule has 1 atom stereocenters. The number of fused-ring (bicyclic) bond motifs is 1. The highest BCUT2D eigenvalue weighted by Gasteiger charge is 2.38. The maximum absolute atomic E-state index is 12.1. The van der Waals surface area contributed by atoms with Gasteiger partial charge in [-0.05, 0) is 16.7 Å². The highest BCUT2D eigenvalue weighted by molar-refractivity contribution is 5.95. The monoisotopic (exact) mass is 335 g/mol. The number of rotatable bonds is 3. The van der Waals surface area contributed by atoms with Crippen LogP contribution in [0.4, 0.5) is 0 Å². The first-order chi connectivity index (χ1) is 12.2. The Morgan fingerprint density at radius 1 is 0.960 bits per heavy atom. The summed E-state index contributed by atoms with van der Waals surface area (Å²) in [6.07, 6.45) is 0. The van der Waals surface area contributed by atoms with Crippen molar-refractivity contribution < 1.29 is 9.59 Å². The molecule has 2 aromatic rings. The molecule has 5 nitrogen and oxygen atoms in total. The maximum Gasteiger partial charge on any atom is 0.244 e. The lowest BCUT2D eigenvalue weighted by atomic mass is 9.98. The summed E-state index contributed by atoms with van der Waals surface area (Å²) in [6.45, 7) is 2.90. The molecule has 2 fully saturated rings. The molecular weight excluding hydrogens is 314 g/mol. The Kier molecular flexibility index (Phi) is 4.24. The van der Waals surface area contributed by atoms with Crippen molar-refractivity contribution in [1.82, 2.24) is 15.1 Å². The van der Waals surface area contributed by atoms with Gasteiger partial charge in [0.15, 0.2) is 0 Å². The number of nitrogens with zero attached hydrogens (tertiary/aromatic N) is 2. The Labute approximate surface area is 147 Å². The second-order valence-corrected chi connectivity index (χ2v) is 6.58. The first-order valence-corrected chi connectivity index (χ1v) is 8.65. The predicted molar refractivity (Wildman–Crippen MR) is 95.7 cm³/mol. The van der Waals surface area contributed by atoms with E-state index in [1.807, 2.05) is 18.2 Å². The zero-order valence-electron chi connectivity index (χ0n) is 14.0. The predicted octanol–water partition coefficient (Wildman–Crippen LogP) is 1.50. The van der Waals surface area contributed by atoms with E-state index >= 15 is 0 Å². The largest absolute Gasteiger partial charge is 0.345 e. The third-order valence-electron chi connectivity index (χ3n) is 5.00. The molecule has 2 aromatic carbocycles. The number of amides is 2. The molecule has 25 heavy (non-hydrogen) atoms. The van der Waals surface area contributed by atoms with Gasteiger partial charge in [-0.1, -0.05) is 54.6 Å². The summed E-state index contributed by atoms with van der Waals surface area (Å²) < 4.78 is 0. The van der Waals surface area contributed by atoms with Crippen molar-refractivity contribution in [3.63, 3.8) is 0 Å². The summed E-state index contributed by atoms with van der Waals surface area (Å²) in [6, 6.07) is 18.4. The van der Waals surface area contributed by atoms with Crippen LogP contribution in [0.2, 0.25) is 0 Å². The van der Waals surface area contributed by atoms with E-state index in [9.17, 15) is 9.59 Å². The molecule has 0 bridgehead atoms. The molecule has 0 radical (unpaired) electrons. The minimum Gasteiger partial charge on any atom is -0.345 e. The van der Waals surface area contributed by atoms with Gasteiger partial charge in [-0.3, -0.25) is 14.5 Å². The van der Waals surface area contributed by atoms with Crippen LogP contribution < -0.4 is 5.32 Å². The van der Waals surface area contributed by atoms with E-state index < -0.39 is 0 Å². The lowest BCUT2D eigenvalue weighted by Crippen LogP contribution is -2.65. The second-order valence-electron chi connectivity index (χ2n) is 6.58. The summed E-state index contributed by atoms with van der Waals surface area (Å²) in [5.41, 5.74) is 3.65. The average molecular weight is 335 g/mol. The van der Waals surface area contributed by atoms with E-state index in [-0.39, 0.29) is 24.4 Å². The van der Waals surface area contributed by atoms with Crippen LogP contribution in [0, 0.1) is 0 Å². The topological polar surface area (TPSA) is 52.7 Å². The zero-order valence-corrected chi connectivity index (χ0v) is 14.0. The molecular formula is C20H21N3O2. The van der Waals surface area contributed by atoms with E-state index in [1.54, 1.807) is 4.90 Å². The number of nitrogens with one attached hydrogen (secondary N) is 1. The van der Waals surface area contributed by atoms with Gasteiger partial charge in [0.2, 0.25) is 11.8 Å². The van der Waals surface area contributed by atoms with Crippen LogP contribution in [0.5, 0.6) is 0 Å². The molecule has 0 aliphatic carbocycles. The van der Waals surface area contributed by atoms with Crippen molar-refractivity contribution in [2.45, 2.75) is 12.6 Å². The Balaban J connectivity index is 1.54. The zero-order chi connectivity index (χ0) is 17.2. The molecule has 2 heterocycles. The molecule has 1 N–H and O–H groups in total. The normalized spacial score (nSPS) is 21.0. The van der Waals surface area contributed by atoms with E-state index in [1.165, 1.54) is 16.7 Å². The van der Waals surface area contributed by atoms with Gasteiger partial charge < -0.3 is 10.2 Å². The fraction of sp³-hybridized carbons (Fsp3) is 0.300. The Bertz CT molecular complexity index is 791. The number of benzene rings is 2. The maximum atomic E-state index is 12.1. The molecule has 2 aliphatic rings. The third-order valence-corrected chi connectivity index (χ3v) is 5.00. The molecule has 2 saturated heterocycles. The first kappa shape index (κ1) is 15.8. The van der Waals surface area contributed by atoms with Gasteiger partial charge in [-0.2, -0.15) is 0 Å². The van der Waals surface area contributed by atoms with Crippen LogP contribution in [0.3, 0.4) is 0 Å². The Morgan fingerprint density at radius 3 is 2.56 bits per heavy atom. The van der Waals surface area contributed by atoms with Gasteiger partial charge in [0.1, 0.15) is 6.04 Å². The van der Waals surface area contributed by atoms with Crippen molar-refractivity contribution in [3.8, 4) is 11.1 Å². The molecule has 5 heteroatoms. The number of hydrogen-bond donors (Lipinski definition) is 1. The highest BCUT2D eigenvalue weighted by atomic mass is 16.2. The van der Waals surface area contributed by atoms with Crippen molar-refractivity contribution in [3.05, 3.63) is 60.2 Å². The van der Waals surface area contributed by atoms with Gasteiger partial charge in [-0.15, -0.1) is 0 Å². The van der Waals surface area contributed by atoms with Gasteiger partial charge in [-0.25, -0.2) is 0 Å². The second kappa shape index (κ2) is 6.69. The Morgan fingerprint density at radius 2 is 1.72 bits per heavy atom. The summed E-state index contributed by atoms with van der Waals surface area (Å²) in [5, 5.41) is 2.70. The molecule has 4 rings (SSSR count). The fourth-order valence-corrected chi connectivity index (χ4v) is 3.69. The highest BCUT2D eigenvalue weighted by Crippen LogP contribution is 2.25.